The van der Waals surface area contributed by atoms with Gasteiger partial charge in [0.15, 0.2) is 0 Å². The van der Waals surface area contributed by atoms with Gasteiger partial charge in [-0.1, -0.05) is 0 Å². The van der Waals surface area contributed by atoms with Gasteiger partial charge < -0.3 is 76.6 Å². The van der Waals surface area contributed by atoms with E-state index < -0.39 is 25.4 Å². The summed E-state index contributed by atoms with van der Waals surface area (Å²) in [5.41, 5.74) is 0. The minimum atomic E-state index is -1.75. The molecule has 22 heavy (non-hydrogen) atoms. The second-order valence-electron chi connectivity index (χ2n) is 1.12. The number of hydrogen-bond acceptors (Lipinski definition) is 15. The van der Waals surface area contributed by atoms with E-state index in [9.17, 15) is 0 Å². The van der Waals surface area contributed by atoms with Crippen molar-refractivity contribution in [1.29, 1.82) is 0 Å². The van der Waals surface area contributed by atoms with Crippen LogP contribution in [-0.2, 0) is 16.8 Å². The smallest absolute Gasteiger partial charge is 0.356 e. The fourth-order valence-corrected chi connectivity index (χ4v) is 0. The molecule has 0 aliphatic rings. The third kappa shape index (κ3) is 1120. The zero-order valence-electron chi connectivity index (χ0n) is 9.27. The molecule has 127 valence electrons. The summed E-state index contributed by atoms with van der Waals surface area (Å²) in [5.74, 6) is 0. The second-order valence-corrected chi connectivity index (χ2v) is 1.12. The standard InChI is InChI=1S/Co.5NO3.Pr/c;5*2-1(3)4;/q+2;5*-1;+3. The molecule has 1 radical (unpaired) electrons. The molecule has 0 heterocycles. The van der Waals surface area contributed by atoms with Crippen molar-refractivity contribution < 1.29 is 83.5 Å². The first-order chi connectivity index (χ1) is 8.66. The average molecular weight is 510 g/mol. The van der Waals surface area contributed by atoms with Crippen LogP contribution in [0.15, 0.2) is 0 Å². The van der Waals surface area contributed by atoms with Crippen LogP contribution in [0.1, 0.15) is 0 Å². The molecule has 0 atom stereocenters. The van der Waals surface area contributed by atoms with E-state index in [1.165, 1.54) is 0 Å². The summed E-state index contributed by atoms with van der Waals surface area (Å²) >= 11 is 0. The number of rotatable bonds is 0. The monoisotopic (exact) mass is 510 g/mol. The zero-order valence-corrected chi connectivity index (χ0v) is 14.0. The van der Waals surface area contributed by atoms with Crippen LogP contribution in [0.5, 0.6) is 0 Å². The Kier molecular flexibility index (Phi) is 70.6. The summed E-state index contributed by atoms with van der Waals surface area (Å²) in [5, 5.41) is 73.8. The Bertz CT molecular complexity index is 213. The quantitative estimate of drug-likeness (QED) is 0.273. The van der Waals surface area contributed by atoms with E-state index in [-0.39, 0.29) is 58.1 Å². The van der Waals surface area contributed by atoms with Gasteiger partial charge in [0.05, 0.1) is 25.4 Å². The molecule has 0 bridgehead atoms. The van der Waals surface area contributed by atoms with Crippen LogP contribution in [0.3, 0.4) is 0 Å². The first kappa shape index (κ1) is 42.7. The molecule has 0 aromatic rings. The molecular formula is CoN5O15Pr. The van der Waals surface area contributed by atoms with Crippen molar-refractivity contribution in [2.24, 2.45) is 0 Å². The molecule has 0 aromatic carbocycles. The van der Waals surface area contributed by atoms with Gasteiger partial charge in [0.25, 0.3) is 0 Å². The molecule has 0 spiro atoms. The molecule has 0 unspecified atom stereocenters. The maximum Gasteiger partial charge on any atom is 3.00 e. The van der Waals surface area contributed by atoms with Crippen LogP contribution in [-0.4, -0.2) is 25.4 Å². The topological polar surface area (TPSA) is 331 Å². The summed E-state index contributed by atoms with van der Waals surface area (Å²) in [6.07, 6.45) is 0. The van der Waals surface area contributed by atoms with Crippen LogP contribution in [0.4, 0.5) is 0 Å². The largest absolute Gasteiger partial charge is 3.00 e. The normalized spacial score (nSPS) is 5.45. The van der Waals surface area contributed by atoms with Crippen LogP contribution in [0.25, 0.3) is 0 Å². The van der Waals surface area contributed by atoms with Crippen molar-refractivity contribution in [3.8, 4) is 0 Å². The van der Waals surface area contributed by atoms with Gasteiger partial charge in [0.1, 0.15) is 0 Å². The molecule has 0 rings (SSSR count). The number of hydrogen-bond donors (Lipinski definition) is 0. The molecule has 0 aromatic heterocycles. The van der Waals surface area contributed by atoms with Gasteiger partial charge in [-0.25, -0.2) is 0 Å². The Morgan fingerprint density at radius 3 is 0.364 bits per heavy atom. The molecule has 22 heteroatoms. The fraction of sp³-hybridized carbons (Fsp3) is 0. The molecule has 0 saturated heterocycles. The molecule has 0 amide bonds. The van der Waals surface area contributed by atoms with E-state index in [2.05, 4.69) is 0 Å². The van der Waals surface area contributed by atoms with Crippen molar-refractivity contribution in [2.45, 2.75) is 0 Å². The molecule has 20 nitrogen and oxygen atoms in total. The maximum atomic E-state index is 8.25. The van der Waals surface area contributed by atoms with E-state index in [1.807, 2.05) is 0 Å². The van der Waals surface area contributed by atoms with Crippen LogP contribution in [0.2, 0.25) is 0 Å². The molecule has 0 saturated carbocycles. The van der Waals surface area contributed by atoms with Crippen LogP contribution in [0, 0.1) is 118 Å². The van der Waals surface area contributed by atoms with Gasteiger partial charge in [-0.05, 0) is 0 Å². The molecule has 0 fully saturated rings. The van der Waals surface area contributed by atoms with Crippen molar-refractivity contribution in [3.05, 3.63) is 76.6 Å². The minimum Gasteiger partial charge on any atom is -0.356 e. The van der Waals surface area contributed by atoms with Crippen molar-refractivity contribution in [2.75, 3.05) is 0 Å². The SMILES string of the molecule is O=[N+]([O-])[O-].O=[N+]([O-])[O-].O=[N+]([O-])[O-].O=[N+]([O-])[O-].O=[N+]([O-])[O-].[Co+2].[Pr+3]. The predicted molar refractivity (Wildman–Crippen MR) is 51.8 cm³/mol. The molecule has 0 aliphatic heterocycles. The van der Waals surface area contributed by atoms with Gasteiger partial charge in [0.2, 0.25) is 0 Å². The van der Waals surface area contributed by atoms with Crippen LogP contribution < -0.4 is 0 Å². The van der Waals surface area contributed by atoms with E-state index in [1.54, 1.807) is 0 Å². The van der Waals surface area contributed by atoms with E-state index in [0.717, 1.165) is 0 Å². The van der Waals surface area contributed by atoms with E-state index in [0.29, 0.717) is 0 Å². The molecular weight excluding hydrogens is 510 g/mol. The van der Waals surface area contributed by atoms with Crippen molar-refractivity contribution in [1.82, 2.24) is 0 Å². The van der Waals surface area contributed by atoms with Gasteiger partial charge in [-0.2, -0.15) is 0 Å². The predicted octanol–water partition coefficient (Wildman–Crippen LogP) is -1.20. The van der Waals surface area contributed by atoms with Gasteiger partial charge in [-0.15, -0.1) is 0 Å². The van der Waals surface area contributed by atoms with Gasteiger partial charge in [-0.3, -0.25) is 0 Å². The first-order valence-electron chi connectivity index (χ1n) is 2.74. The summed E-state index contributed by atoms with van der Waals surface area (Å²) in [6.45, 7) is 0. The summed E-state index contributed by atoms with van der Waals surface area (Å²) in [4.78, 5) is 41.2. The van der Waals surface area contributed by atoms with Gasteiger partial charge in [0, 0.05) is 0 Å². The third-order valence-electron chi connectivity index (χ3n) is 0. The minimum absolute atomic E-state index is 0. The maximum absolute atomic E-state index is 8.25. The van der Waals surface area contributed by atoms with E-state index >= 15 is 0 Å². The first-order valence-corrected chi connectivity index (χ1v) is 2.74. The Morgan fingerprint density at radius 1 is 0.364 bits per heavy atom. The Labute approximate surface area is 159 Å². The van der Waals surface area contributed by atoms with Gasteiger partial charge >= 0.3 is 58.1 Å². The molecule has 0 N–H and O–H groups in total. The Balaban J connectivity index is -0.0000000250. The summed E-state index contributed by atoms with van der Waals surface area (Å²) in [7, 11) is 0. The van der Waals surface area contributed by atoms with Crippen molar-refractivity contribution in [3.63, 3.8) is 0 Å². The molecule has 0 aliphatic carbocycles. The zero-order chi connectivity index (χ0) is 17.9. The Morgan fingerprint density at radius 2 is 0.364 bits per heavy atom. The fourth-order valence-electron chi connectivity index (χ4n) is 0. The van der Waals surface area contributed by atoms with Crippen LogP contribution >= 0.6 is 0 Å². The van der Waals surface area contributed by atoms with E-state index in [4.69, 9.17) is 76.6 Å². The summed E-state index contributed by atoms with van der Waals surface area (Å²) < 4.78 is 0. The third-order valence-corrected chi connectivity index (χ3v) is 0. The Hall–Kier alpha value is -2.13. The number of nitrogens with zero attached hydrogens (tertiary/aromatic N) is 5. The average Bonchev–Trinajstić information content (AvgIpc) is 1.94. The van der Waals surface area contributed by atoms with Crippen molar-refractivity contribution >= 4 is 0 Å². The second kappa shape index (κ2) is 36.4. The summed E-state index contributed by atoms with van der Waals surface area (Å²) in [6, 6.07) is 0.